The van der Waals surface area contributed by atoms with Gasteiger partial charge in [0, 0.05) is 11.1 Å². The molecule has 0 saturated carbocycles. The molecule has 0 radical (unpaired) electrons. The number of ether oxygens (including phenoxy) is 1. The standard InChI is InChI=1S/C16H26ClNO/c1-4-14-12-15(8-9-16(14)17)19-11-7-5-6-10-18-13(2)3/h8-9,12-13,18H,4-7,10-11H2,1-3H3. The van der Waals surface area contributed by atoms with Crippen LogP contribution < -0.4 is 10.1 Å². The van der Waals surface area contributed by atoms with E-state index in [1.54, 1.807) is 0 Å². The van der Waals surface area contributed by atoms with Crippen molar-refractivity contribution in [2.45, 2.75) is 52.5 Å². The second-order valence-electron chi connectivity index (χ2n) is 5.12. The summed E-state index contributed by atoms with van der Waals surface area (Å²) < 4.78 is 5.75. The number of hydrogen-bond donors (Lipinski definition) is 1. The lowest BCUT2D eigenvalue weighted by Gasteiger charge is -2.09. The molecule has 0 spiro atoms. The van der Waals surface area contributed by atoms with Crippen molar-refractivity contribution in [2.24, 2.45) is 0 Å². The van der Waals surface area contributed by atoms with Crippen LogP contribution in [0.4, 0.5) is 0 Å². The van der Waals surface area contributed by atoms with Crippen LogP contribution in [0.5, 0.6) is 5.75 Å². The zero-order chi connectivity index (χ0) is 14.1. The van der Waals surface area contributed by atoms with Crippen LogP contribution in [0.25, 0.3) is 0 Å². The molecule has 0 aromatic heterocycles. The van der Waals surface area contributed by atoms with Crippen molar-refractivity contribution in [3.05, 3.63) is 28.8 Å². The molecule has 0 fully saturated rings. The molecule has 1 N–H and O–H groups in total. The highest BCUT2D eigenvalue weighted by Crippen LogP contribution is 2.22. The minimum absolute atomic E-state index is 0.581. The zero-order valence-corrected chi connectivity index (χ0v) is 13.1. The molecular weight excluding hydrogens is 258 g/mol. The molecule has 0 bridgehead atoms. The summed E-state index contributed by atoms with van der Waals surface area (Å²) in [5.41, 5.74) is 1.15. The van der Waals surface area contributed by atoms with Gasteiger partial charge in [-0.2, -0.15) is 0 Å². The number of aryl methyl sites for hydroxylation is 1. The minimum Gasteiger partial charge on any atom is -0.494 e. The summed E-state index contributed by atoms with van der Waals surface area (Å²) in [6.45, 7) is 8.34. The second kappa shape index (κ2) is 9.22. The first-order valence-electron chi connectivity index (χ1n) is 7.28. The Hall–Kier alpha value is -0.730. The van der Waals surface area contributed by atoms with Gasteiger partial charge < -0.3 is 10.1 Å². The van der Waals surface area contributed by atoms with E-state index in [9.17, 15) is 0 Å². The molecule has 0 unspecified atom stereocenters. The molecule has 108 valence electrons. The molecule has 0 heterocycles. The third-order valence-electron chi connectivity index (χ3n) is 3.04. The first kappa shape index (κ1) is 16.3. The van der Waals surface area contributed by atoms with E-state index in [4.69, 9.17) is 16.3 Å². The van der Waals surface area contributed by atoms with Gasteiger partial charge in [-0.1, -0.05) is 32.4 Å². The van der Waals surface area contributed by atoms with Crippen molar-refractivity contribution in [1.29, 1.82) is 0 Å². The fourth-order valence-electron chi connectivity index (χ4n) is 1.90. The summed E-state index contributed by atoms with van der Waals surface area (Å²) in [6, 6.07) is 6.49. The van der Waals surface area contributed by atoms with Crippen molar-refractivity contribution >= 4 is 11.6 Å². The lowest BCUT2D eigenvalue weighted by molar-refractivity contribution is 0.304. The molecule has 0 aliphatic heterocycles. The van der Waals surface area contributed by atoms with Gasteiger partial charge in [0.15, 0.2) is 0 Å². The summed E-state index contributed by atoms with van der Waals surface area (Å²) in [6.07, 6.45) is 4.46. The van der Waals surface area contributed by atoms with E-state index < -0.39 is 0 Å². The zero-order valence-electron chi connectivity index (χ0n) is 12.3. The Balaban J connectivity index is 2.15. The Morgan fingerprint density at radius 2 is 2.00 bits per heavy atom. The van der Waals surface area contributed by atoms with Gasteiger partial charge in [0.2, 0.25) is 0 Å². The van der Waals surface area contributed by atoms with E-state index in [0.29, 0.717) is 6.04 Å². The average molecular weight is 284 g/mol. The SMILES string of the molecule is CCc1cc(OCCCCCNC(C)C)ccc1Cl. The predicted octanol–water partition coefficient (Wildman–Crippen LogP) is 4.45. The summed E-state index contributed by atoms with van der Waals surface area (Å²) in [7, 11) is 0. The highest BCUT2D eigenvalue weighted by molar-refractivity contribution is 6.31. The Bertz CT molecular complexity index is 366. The highest BCUT2D eigenvalue weighted by Gasteiger charge is 2.01. The summed E-state index contributed by atoms with van der Waals surface area (Å²) in [5, 5.41) is 4.25. The fourth-order valence-corrected chi connectivity index (χ4v) is 2.15. The van der Waals surface area contributed by atoms with E-state index in [2.05, 4.69) is 26.1 Å². The average Bonchev–Trinajstić information content (AvgIpc) is 2.39. The van der Waals surface area contributed by atoms with Gasteiger partial charge in [-0.3, -0.25) is 0 Å². The molecule has 3 heteroatoms. The van der Waals surface area contributed by atoms with Gasteiger partial charge in [-0.25, -0.2) is 0 Å². The van der Waals surface area contributed by atoms with E-state index in [0.717, 1.165) is 42.3 Å². The molecule has 0 aliphatic carbocycles. The maximum Gasteiger partial charge on any atom is 0.119 e. The molecular formula is C16H26ClNO. The Kier molecular flexibility index (Phi) is 7.92. The van der Waals surface area contributed by atoms with E-state index in [1.807, 2.05) is 18.2 Å². The largest absolute Gasteiger partial charge is 0.494 e. The molecule has 1 aromatic carbocycles. The lowest BCUT2D eigenvalue weighted by Crippen LogP contribution is -2.23. The van der Waals surface area contributed by atoms with Crippen LogP contribution in [0.3, 0.4) is 0 Å². The predicted molar refractivity (Wildman–Crippen MR) is 83.3 cm³/mol. The van der Waals surface area contributed by atoms with Gasteiger partial charge in [0.05, 0.1) is 6.61 Å². The second-order valence-corrected chi connectivity index (χ2v) is 5.53. The Morgan fingerprint density at radius 1 is 1.21 bits per heavy atom. The molecule has 1 rings (SSSR count). The maximum atomic E-state index is 6.08. The fraction of sp³-hybridized carbons (Fsp3) is 0.625. The van der Waals surface area contributed by atoms with Crippen molar-refractivity contribution in [2.75, 3.05) is 13.2 Å². The number of halogens is 1. The molecule has 0 saturated heterocycles. The van der Waals surface area contributed by atoms with E-state index >= 15 is 0 Å². The van der Waals surface area contributed by atoms with Gasteiger partial charge in [0.25, 0.3) is 0 Å². The van der Waals surface area contributed by atoms with Crippen LogP contribution in [0.1, 0.15) is 45.6 Å². The number of rotatable bonds is 9. The van der Waals surface area contributed by atoms with E-state index in [-0.39, 0.29) is 0 Å². The summed E-state index contributed by atoms with van der Waals surface area (Å²) in [5.74, 6) is 0.932. The van der Waals surface area contributed by atoms with Crippen molar-refractivity contribution < 1.29 is 4.74 Å². The number of hydrogen-bond acceptors (Lipinski definition) is 2. The van der Waals surface area contributed by atoms with Crippen LogP contribution in [0, 0.1) is 0 Å². The quantitative estimate of drug-likeness (QED) is 0.676. The first-order valence-corrected chi connectivity index (χ1v) is 7.66. The van der Waals surface area contributed by atoms with Gasteiger partial charge in [0.1, 0.15) is 5.75 Å². The Labute approximate surface area is 122 Å². The maximum absolute atomic E-state index is 6.08. The van der Waals surface area contributed by atoms with Crippen LogP contribution in [0.15, 0.2) is 18.2 Å². The third kappa shape index (κ3) is 6.84. The first-order chi connectivity index (χ1) is 9.13. The van der Waals surface area contributed by atoms with Crippen LogP contribution in [0.2, 0.25) is 5.02 Å². The Morgan fingerprint density at radius 3 is 2.68 bits per heavy atom. The van der Waals surface area contributed by atoms with E-state index in [1.165, 1.54) is 12.8 Å². The van der Waals surface area contributed by atoms with Gasteiger partial charge in [-0.05, 0) is 56.0 Å². The molecule has 0 atom stereocenters. The number of unbranched alkanes of at least 4 members (excludes halogenated alkanes) is 2. The summed E-state index contributed by atoms with van der Waals surface area (Å²) >= 11 is 6.08. The molecule has 2 nitrogen and oxygen atoms in total. The highest BCUT2D eigenvalue weighted by atomic mass is 35.5. The van der Waals surface area contributed by atoms with Crippen LogP contribution in [-0.4, -0.2) is 19.2 Å². The van der Waals surface area contributed by atoms with Crippen molar-refractivity contribution in [1.82, 2.24) is 5.32 Å². The molecule has 19 heavy (non-hydrogen) atoms. The molecule has 0 aliphatic rings. The van der Waals surface area contributed by atoms with Gasteiger partial charge >= 0.3 is 0 Å². The van der Waals surface area contributed by atoms with Crippen LogP contribution >= 0.6 is 11.6 Å². The third-order valence-corrected chi connectivity index (χ3v) is 3.41. The summed E-state index contributed by atoms with van der Waals surface area (Å²) in [4.78, 5) is 0. The smallest absolute Gasteiger partial charge is 0.119 e. The normalized spacial score (nSPS) is 11.0. The van der Waals surface area contributed by atoms with Gasteiger partial charge in [-0.15, -0.1) is 0 Å². The molecule has 1 aromatic rings. The topological polar surface area (TPSA) is 21.3 Å². The van der Waals surface area contributed by atoms with Crippen molar-refractivity contribution in [3.8, 4) is 5.75 Å². The lowest BCUT2D eigenvalue weighted by atomic mass is 10.1. The number of benzene rings is 1. The molecule has 0 amide bonds. The van der Waals surface area contributed by atoms with Crippen molar-refractivity contribution in [3.63, 3.8) is 0 Å². The number of nitrogens with one attached hydrogen (secondary N) is 1. The minimum atomic E-state index is 0.581. The van der Waals surface area contributed by atoms with Crippen LogP contribution in [-0.2, 0) is 6.42 Å². The monoisotopic (exact) mass is 283 g/mol.